The Morgan fingerprint density at radius 1 is 0.623 bits per heavy atom. The third-order valence-corrected chi connectivity index (χ3v) is 10.9. The quantitative estimate of drug-likeness (QED) is 0.162. The first-order chi connectivity index (χ1) is 25.5. The van der Waals surface area contributed by atoms with E-state index in [-0.39, 0.29) is 11.8 Å². The van der Waals surface area contributed by atoms with Crippen LogP contribution in [0.5, 0.6) is 11.5 Å². The molecule has 4 aromatic rings. The van der Waals surface area contributed by atoms with Crippen LogP contribution in [0.15, 0.2) is 120 Å². The van der Waals surface area contributed by atoms with Crippen molar-refractivity contribution in [1.29, 1.82) is 0 Å². The summed E-state index contributed by atoms with van der Waals surface area (Å²) >= 11 is 0. The monoisotopic (exact) mass is 716 g/mol. The first kappa shape index (κ1) is 40.0. The number of methoxy groups -OCH3 is 2. The Hall–Kier alpha value is -4.20. The minimum Gasteiger partial charge on any atom is -0.497 e. The van der Waals surface area contributed by atoms with Gasteiger partial charge in [-0.1, -0.05) is 97.1 Å². The molecule has 2 saturated carbocycles. The minimum atomic E-state index is -0.938. The maximum absolute atomic E-state index is 12.0. The van der Waals surface area contributed by atoms with Gasteiger partial charge in [-0.3, -0.25) is 0 Å². The highest BCUT2D eigenvalue weighted by atomic mass is 16.5. The van der Waals surface area contributed by atoms with Crippen molar-refractivity contribution in [2.75, 3.05) is 55.5 Å². The molecule has 4 atom stereocenters. The number of nitrogens with zero attached hydrogens (tertiary/aromatic N) is 2. The molecule has 2 aliphatic rings. The Bertz CT molecular complexity index is 1790. The predicted molar refractivity (Wildman–Crippen MR) is 219 cm³/mol. The second-order valence-corrected chi connectivity index (χ2v) is 15.3. The second-order valence-electron chi connectivity index (χ2n) is 15.3. The molecule has 0 aromatic heterocycles. The van der Waals surface area contributed by atoms with E-state index in [1.807, 2.05) is 84.9 Å². The Morgan fingerprint density at radius 2 is 1.11 bits per heavy atom. The number of ether oxygens (including phenoxy) is 2. The van der Waals surface area contributed by atoms with Gasteiger partial charge in [0.2, 0.25) is 0 Å². The lowest BCUT2D eigenvalue weighted by molar-refractivity contribution is -0.0174. The van der Waals surface area contributed by atoms with E-state index in [4.69, 9.17) is 9.47 Å². The van der Waals surface area contributed by atoms with Crippen molar-refractivity contribution in [3.8, 4) is 11.5 Å². The summed E-state index contributed by atoms with van der Waals surface area (Å²) in [6.07, 6.45) is 11.1. The largest absolute Gasteiger partial charge is 0.497 e. The van der Waals surface area contributed by atoms with Gasteiger partial charge in [-0.25, -0.2) is 0 Å². The van der Waals surface area contributed by atoms with Gasteiger partial charge in [-0.05, 0) is 124 Å². The third-order valence-electron chi connectivity index (χ3n) is 10.9. The summed E-state index contributed by atoms with van der Waals surface area (Å²) in [6.45, 7) is 1.75. The van der Waals surface area contributed by atoms with E-state index in [0.717, 1.165) is 91.0 Å². The molecule has 6 nitrogen and oxygen atoms in total. The molecule has 6 heteroatoms. The molecule has 2 fully saturated rings. The molecule has 4 unspecified atom stereocenters. The van der Waals surface area contributed by atoms with Gasteiger partial charge in [0, 0.05) is 31.3 Å². The molecule has 2 N–H and O–H groups in total. The number of hydrogen-bond acceptors (Lipinski definition) is 6. The van der Waals surface area contributed by atoms with Gasteiger partial charge in [0.15, 0.2) is 0 Å². The van der Waals surface area contributed by atoms with Gasteiger partial charge in [-0.15, -0.1) is 0 Å². The Labute approximate surface area is 318 Å². The van der Waals surface area contributed by atoms with Crippen LogP contribution in [0.4, 0.5) is 0 Å². The molecule has 0 heterocycles. The summed E-state index contributed by atoms with van der Waals surface area (Å²) in [5, 5.41) is 23.9. The second kappa shape index (κ2) is 18.7. The van der Waals surface area contributed by atoms with Crippen LogP contribution in [0.25, 0.3) is 12.2 Å². The van der Waals surface area contributed by atoms with E-state index in [9.17, 15) is 10.2 Å². The zero-order valence-electron chi connectivity index (χ0n) is 32.7. The molecular weight excluding hydrogens is 657 g/mol. The number of hydrogen-bond donors (Lipinski definition) is 2. The molecule has 0 saturated heterocycles. The lowest BCUT2D eigenvalue weighted by atomic mass is 9.67. The summed E-state index contributed by atoms with van der Waals surface area (Å²) in [5.41, 5.74) is 4.79. The Kier molecular flexibility index (Phi) is 14.1. The third kappa shape index (κ3) is 10.3. The average molecular weight is 717 g/mol. The van der Waals surface area contributed by atoms with Crippen molar-refractivity contribution < 1.29 is 19.7 Å². The fourth-order valence-corrected chi connectivity index (χ4v) is 8.33. The molecule has 6 rings (SSSR count). The summed E-state index contributed by atoms with van der Waals surface area (Å²) in [5.74, 6) is 2.07. The summed E-state index contributed by atoms with van der Waals surface area (Å²) in [7, 11) is 11.7. The highest BCUT2D eigenvalue weighted by Crippen LogP contribution is 2.47. The lowest BCUT2D eigenvalue weighted by Crippen LogP contribution is -2.48. The van der Waals surface area contributed by atoms with Crippen molar-refractivity contribution in [1.82, 2.24) is 9.80 Å². The lowest BCUT2D eigenvalue weighted by Gasteiger charge is -2.44. The SMILES string of the molecule is COc1cccc(C=C2CCCC(CN(C)C)C2(O)Cc2ccccc2)c1.COc1cccc(C=C2CCCC(CN(C)C)C2(O)c2ccccc2)c1. The average Bonchev–Trinajstić information content (AvgIpc) is 3.16. The van der Waals surface area contributed by atoms with E-state index in [2.05, 4.69) is 74.4 Å². The van der Waals surface area contributed by atoms with Crippen LogP contribution in [0.1, 0.15) is 60.8 Å². The molecule has 0 radical (unpaired) electrons. The topological polar surface area (TPSA) is 65.4 Å². The summed E-state index contributed by atoms with van der Waals surface area (Å²) < 4.78 is 10.7. The maximum atomic E-state index is 12.0. The van der Waals surface area contributed by atoms with Gasteiger partial charge in [0.05, 0.1) is 19.8 Å². The fraction of sp³-hybridized carbons (Fsp3) is 0.404. The van der Waals surface area contributed by atoms with Crippen LogP contribution in [0.3, 0.4) is 0 Å². The van der Waals surface area contributed by atoms with E-state index in [1.165, 1.54) is 5.56 Å². The minimum absolute atomic E-state index is 0.172. The van der Waals surface area contributed by atoms with Crippen LogP contribution in [0, 0.1) is 11.8 Å². The molecule has 0 bridgehead atoms. The van der Waals surface area contributed by atoms with Crippen molar-refractivity contribution in [2.24, 2.45) is 11.8 Å². The first-order valence-electron chi connectivity index (χ1n) is 19.1. The van der Waals surface area contributed by atoms with Crippen LogP contribution in [-0.4, -0.2) is 81.1 Å². The fourth-order valence-electron chi connectivity index (χ4n) is 8.33. The molecule has 2 aliphatic carbocycles. The van der Waals surface area contributed by atoms with Gasteiger partial charge >= 0.3 is 0 Å². The maximum Gasteiger partial charge on any atom is 0.119 e. The first-order valence-corrected chi connectivity index (χ1v) is 19.1. The van der Waals surface area contributed by atoms with Crippen molar-refractivity contribution in [2.45, 2.75) is 56.1 Å². The van der Waals surface area contributed by atoms with E-state index in [1.54, 1.807) is 14.2 Å². The van der Waals surface area contributed by atoms with E-state index < -0.39 is 11.2 Å². The zero-order valence-corrected chi connectivity index (χ0v) is 32.7. The molecule has 0 spiro atoms. The van der Waals surface area contributed by atoms with Gasteiger partial charge < -0.3 is 29.5 Å². The van der Waals surface area contributed by atoms with Gasteiger partial charge in [-0.2, -0.15) is 0 Å². The standard InChI is InChI=1S/C24H31NO2.C23H29NO2/c1-25(2)18-22-13-8-12-21(15-20-11-7-14-23(16-20)27-3)24(22,26)17-19-9-5-4-6-10-19;1-24(2)17-21-13-8-12-20(15-18-9-7-14-22(16-18)26-3)23(21,25)19-10-5-4-6-11-19/h4-7,9-11,14-16,22,26H,8,12-13,17-18H2,1-3H3;4-7,9-11,14-16,21,25H,8,12-13,17H2,1-3H3. The summed E-state index contributed by atoms with van der Waals surface area (Å²) in [6, 6.07) is 36.6. The molecule has 0 amide bonds. The van der Waals surface area contributed by atoms with Crippen molar-refractivity contribution in [3.63, 3.8) is 0 Å². The number of aliphatic hydroxyl groups is 2. The van der Waals surface area contributed by atoms with Gasteiger partial charge in [0.1, 0.15) is 17.1 Å². The predicted octanol–water partition coefficient (Wildman–Crippen LogP) is 8.74. The Morgan fingerprint density at radius 3 is 1.66 bits per heavy atom. The van der Waals surface area contributed by atoms with Crippen LogP contribution in [0.2, 0.25) is 0 Å². The van der Waals surface area contributed by atoms with E-state index >= 15 is 0 Å². The number of rotatable bonds is 11. The van der Waals surface area contributed by atoms with E-state index in [0.29, 0.717) is 6.42 Å². The van der Waals surface area contributed by atoms with Crippen LogP contribution < -0.4 is 9.47 Å². The van der Waals surface area contributed by atoms with Crippen molar-refractivity contribution in [3.05, 3.63) is 143 Å². The highest BCUT2D eigenvalue weighted by Gasteiger charge is 2.44. The van der Waals surface area contributed by atoms with Gasteiger partial charge in [0.25, 0.3) is 0 Å². The number of benzene rings is 4. The smallest absolute Gasteiger partial charge is 0.119 e. The Balaban J connectivity index is 0.000000204. The van der Waals surface area contributed by atoms with Crippen LogP contribution >= 0.6 is 0 Å². The normalized spacial score (nSPS) is 24.6. The molecule has 53 heavy (non-hydrogen) atoms. The van der Waals surface area contributed by atoms with Crippen molar-refractivity contribution >= 4 is 12.2 Å². The molecular formula is C47H60N2O4. The molecule has 4 aromatic carbocycles. The van der Waals surface area contributed by atoms with Crippen LogP contribution in [-0.2, 0) is 12.0 Å². The zero-order chi connectivity index (χ0) is 37.8. The molecule has 282 valence electrons. The molecule has 0 aliphatic heterocycles. The highest BCUT2D eigenvalue weighted by molar-refractivity contribution is 5.59. The summed E-state index contributed by atoms with van der Waals surface area (Å²) in [4.78, 5) is 4.36.